The average Bonchev–Trinajstić information content (AvgIpc) is 2.35. The molecule has 0 radical (unpaired) electrons. The van der Waals surface area contributed by atoms with Crippen LogP contribution in [0.25, 0.3) is 0 Å². The van der Waals surface area contributed by atoms with Crippen LogP contribution in [0.2, 0.25) is 6.04 Å². The van der Waals surface area contributed by atoms with Crippen molar-refractivity contribution in [3.05, 3.63) is 12.7 Å². The lowest BCUT2D eigenvalue weighted by atomic mass is 10.1. The molecule has 0 aliphatic rings. The van der Waals surface area contributed by atoms with Gasteiger partial charge in [-0.05, 0) is 25.8 Å². The Balaban J connectivity index is 3.28. The van der Waals surface area contributed by atoms with E-state index in [2.05, 4.69) is 6.58 Å². The Morgan fingerprint density at radius 3 is 2.10 bits per heavy atom. The maximum absolute atomic E-state index is 11.0. The molecule has 0 aromatic heterocycles. The number of hydrogen-bond acceptors (Lipinski definition) is 2. The van der Waals surface area contributed by atoms with E-state index in [0.717, 1.165) is 31.7 Å². The second-order valence-electron chi connectivity index (χ2n) is 5.08. The second kappa shape index (κ2) is 11.9. The van der Waals surface area contributed by atoms with Crippen LogP contribution in [0.4, 0.5) is 0 Å². The maximum atomic E-state index is 11.0. The summed E-state index contributed by atoms with van der Waals surface area (Å²) in [6, 6.07) is -1.63. The molecule has 0 saturated carbocycles. The van der Waals surface area contributed by atoms with E-state index in [-0.39, 0.29) is 12.1 Å². The molecule has 20 heavy (non-hydrogen) atoms. The molecule has 0 aliphatic heterocycles. The number of halogens is 3. The minimum Gasteiger partial charge on any atom is -0.460 e. The van der Waals surface area contributed by atoms with Crippen LogP contribution in [0.3, 0.4) is 0 Å². The van der Waals surface area contributed by atoms with Gasteiger partial charge >= 0.3 is 12.0 Å². The Labute approximate surface area is 137 Å². The first-order valence-corrected chi connectivity index (χ1v) is 12.5. The van der Waals surface area contributed by atoms with Gasteiger partial charge in [0.15, 0.2) is 0 Å². The molecule has 6 heteroatoms. The van der Waals surface area contributed by atoms with Gasteiger partial charge in [0.1, 0.15) is 0 Å². The molecule has 0 bridgehead atoms. The zero-order valence-electron chi connectivity index (χ0n) is 12.2. The van der Waals surface area contributed by atoms with Crippen molar-refractivity contribution in [2.24, 2.45) is 0 Å². The molecule has 0 spiro atoms. The third kappa shape index (κ3) is 14.7. The highest BCUT2D eigenvalue weighted by Crippen LogP contribution is 2.27. The van der Waals surface area contributed by atoms with Gasteiger partial charge in [-0.25, -0.2) is 4.79 Å². The minimum atomic E-state index is -2.40. The van der Waals surface area contributed by atoms with Crippen LogP contribution >= 0.6 is 33.2 Å². The van der Waals surface area contributed by atoms with Gasteiger partial charge in [-0.2, -0.15) is 0 Å². The average molecular weight is 360 g/mol. The first kappa shape index (κ1) is 20.3. The first-order valence-electron chi connectivity index (χ1n) is 7.25. The summed E-state index contributed by atoms with van der Waals surface area (Å²) in [5.41, 5.74) is 0. The summed E-state index contributed by atoms with van der Waals surface area (Å²) in [4.78, 5) is 11.0. The Morgan fingerprint density at radius 1 is 1.10 bits per heavy atom. The zero-order valence-corrected chi connectivity index (χ0v) is 15.4. The monoisotopic (exact) mass is 358 g/mol. The van der Waals surface area contributed by atoms with Gasteiger partial charge in [0.25, 0.3) is 0 Å². The van der Waals surface area contributed by atoms with Gasteiger partial charge in [0.2, 0.25) is 0 Å². The van der Waals surface area contributed by atoms with Crippen molar-refractivity contribution in [2.75, 3.05) is 0 Å². The molecule has 0 saturated heterocycles. The van der Waals surface area contributed by atoms with Gasteiger partial charge < -0.3 is 4.74 Å². The largest absolute Gasteiger partial charge is 0.460 e. The van der Waals surface area contributed by atoms with Crippen molar-refractivity contribution in [3.8, 4) is 0 Å². The normalized spacial score (nSPS) is 13.0. The van der Waals surface area contributed by atoms with Crippen LogP contribution < -0.4 is 0 Å². The molecule has 0 aliphatic carbocycles. The molecule has 1 atom stereocenters. The van der Waals surface area contributed by atoms with E-state index < -0.39 is 6.00 Å². The van der Waals surface area contributed by atoms with Gasteiger partial charge in [-0.15, -0.1) is 33.2 Å². The van der Waals surface area contributed by atoms with Crippen LogP contribution in [0, 0.1) is 0 Å². The fraction of sp³-hybridized carbons (Fsp3) is 0.786. The standard InChI is InChI=1S/C14H25Cl3O2Si/c1-3-14(18)19-13(2)11-9-7-5-4-6-8-10-12-20(15,16)17/h3,13H,1,4-12H2,2H3. The molecular formula is C14H25Cl3O2Si. The van der Waals surface area contributed by atoms with Crippen LogP contribution in [0.1, 0.15) is 58.3 Å². The summed E-state index contributed by atoms with van der Waals surface area (Å²) in [5, 5.41) is 0. The Hall–Kier alpha value is 0.297. The molecule has 0 fully saturated rings. The van der Waals surface area contributed by atoms with Crippen LogP contribution in [-0.2, 0) is 9.53 Å². The lowest BCUT2D eigenvalue weighted by Crippen LogP contribution is -2.12. The summed E-state index contributed by atoms with van der Waals surface area (Å²) >= 11 is 17.5. The number of hydrogen-bond donors (Lipinski definition) is 0. The summed E-state index contributed by atoms with van der Waals surface area (Å²) in [7, 11) is 0. The summed E-state index contributed by atoms with van der Waals surface area (Å²) < 4.78 is 5.10. The molecule has 0 heterocycles. The Kier molecular flexibility index (Phi) is 12.1. The van der Waals surface area contributed by atoms with Gasteiger partial charge in [-0.1, -0.05) is 45.1 Å². The van der Waals surface area contributed by atoms with Crippen molar-refractivity contribution in [3.63, 3.8) is 0 Å². The smallest absolute Gasteiger partial charge is 0.341 e. The summed E-state index contributed by atoms with van der Waals surface area (Å²) in [6.07, 6.45) is 10.2. The molecule has 0 aromatic carbocycles. The van der Waals surface area contributed by atoms with Crippen molar-refractivity contribution in [1.29, 1.82) is 0 Å². The molecule has 118 valence electrons. The van der Waals surface area contributed by atoms with Gasteiger partial charge in [-0.3, -0.25) is 0 Å². The zero-order chi connectivity index (χ0) is 15.4. The van der Waals surface area contributed by atoms with E-state index in [9.17, 15) is 4.79 Å². The number of carbonyl (C=O) groups excluding carboxylic acids is 1. The lowest BCUT2D eigenvalue weighted by molar-refractivity contribution is -0.142. The SMILES string of the molecule is C=CC(=O)OC(C)CCCCCCCCC[Si](Cl)(Cl)Cl. The van der Waals surface area contributed by atoms with Crippen molar-refractivity contribution in [1.82, 2.24) is 0 Å². The van der Waals surface area contributed by atoms with Crippen LogP contribution in [0.5, 0.6) is 0 Å². The third-order valence-corrected chi connectivity index (χ3v) is 5.68. The van der Waals surface area contributed by atoms with Crippen molar-refractivity contribution in [2.45, 2.75) is 70.4 Å². The Bertz CT molecular complexity index is 280. The van der Waals surface area contributed by atoms with E-state index in [1.807, 2.05) is 6.92 Å². The van der Waals surface area contributed by atoms with E-state index in [4.69, 9.17) is 38.0 Å². The highest BCUT2D eigenvalue weighted by Gasteiger charge is 2.23. The predicted molar refractivity (Wildman–Crippen MR) is 90.8 cm³/mol. The molecular weight excluding hydrogens is 335 g/mol. The summed E-state index contributed by atoms with van der Waals surface area (Å²) in [5.74, 6) is -0.338. The number of unbranched alkanes of at least 4 members (excludes halogenated alkanes) is 6. The van der Waals surface area contributed by atoms with E-state index in [1.165, 1.54) is 31.8 Å². The molecule has 0 N–H and O–H groups in total. The van der Waals surface area contributed by atoms with E-state index in [0.29, 0.717) is 0 Å². The molecule has 0 aromatic rings. The van der Waals surface area contributed by atoms with Crippen LogP contribution in [0.15, 0.2) is 12.7 Å². The topological polar surface area (TPSA) is 26.3 Å². The van der Waals surface area contributed by atoms with Crippen molar-refractivity contribution < 1.29 is 9.53 Å². The second-order valence-corrected chi connectivity index (χ2v) is 14.4. The minimum absolute atomic E-state index is 0.0188. The number of ether oxygens (including phenoxy) is 1. The van der Waals surface area contributed by atoms with Crippen LogP contribution in [-0.4, -0.2) is 18.1 Å². The molecule has 0 rings (SSSR count). The molecule has 0 amide bonds. The number of esters is 1. The summed E-state index contributed by atoms with van der Waals surface area (Å²) in [6.45, 7) is 5.30. The third-order valence-electron chi connectivity index (χ3n) is 3.05. The highest BCUT2D eigenvalue weighted by molar-refractivity contribution is 7.64. The molecule has 2 nitrogen and oxygen atoms in total. The van der Waals surface area contributed by atoms with E-state index in [1.54, 1.807) is 0 Å². The number of carbonyl (C=O) groups is 1. The predicted octanol–water partition coefficient (Wildman–Crippen LogP) is 5.88. The Morgan fingerprint density at radius 2 is 1.60 bits per heavy atom. The van der Waals surface area contributed by atoms with Gasteiger partial charge in [0, 0.05) is 6.08 Å². The number of rotatable bonds is 12. The fourth-order valence-corrected chi connectivity index (χ4v) is 3.80. The van der Waals surface area contributed by atoms with E-state index >= 15 is 0 Å². The quantitative estimate of drug-likeness (QED) is 0.143. The maximum Gasteiger partial charge on any atom is 0.341 e. The van der Waals surface area contributed by atoms with Crippen molar-refractivity contribution >= 4 is 45.2 Å². The first-order chi connectivity index (χ1) is 9.35. The van der Waals surface area contributed by atoms with Gasteiger partial charge in [0.05, 0.1) is 6.10 Å². The lowest BCUT2D eigenvalue weighted by Gasteiger charge is -2.11. The molecule has 1 unspecified atom stereocenters. The highest BCUT2D eigenvalue weighted by atomic mass is 35.8. The fourth-order valence-electron chi connectivity index (χ4n) is 1.95.